The predicted octanol–water partition coefficient (Wildman–Crippen LogP) is 2.88. The van der Waals surface area contributed by atoms with Crippen LogP contribution >= 0.6 is 0 Å². The van der Waals surface area contributed by atoms with Gasteiger partial charge in [-0.15, -0.1) is 0 Å². The van der Waals surface area contributed by atoms with E-state index in [1.807, 2.05) is 17.0 Å². The normalized spacial score (nSPS) is 15.8. The van der Waals surface area contributed by atoms with E-state index >= 15 is 0 Å². The Balaban J connectivity index is 1.46. The Bertz CT molecular complexity index is 900. The number of para-hydroxylation sites is 1. The number of pyridine rings is 1. The number of nitrogens with one attached hydrogen (secondary N) is 2. The SMILES string of the molecule is O=C(c1cccc(=O)[nH]1)N1CCC(c2cc3ccccc3[nH]2)CC1. The van der Waals surface area contributed by atoms with Gasteiger partial charge in [0, 0.05) is 36.3 Å². The first-order valence-corrected chi connectivity index (χ1v) is 8.27. The highest BCUT2D eigenvalue weighted by Crippen LogP contribution is 2.30. The molecule has 1 fully saturated rings. The fraction of sp³-hybridized carbons (Fsp3) is 0.263. The first-order valence-electron chi connectivity index (χ1n) is 8.27. The van der Waals surface area contributed by atoms with Crippen molar-refractivity contribution < 1.29 is 4.79 Å². The highest BCUT2D eigenvalue weighted by Gasteiger charge is 2.25. The molecule has 1 aromatic carbocycles. The number of aromatic nitrogens is 2. The molecular weight excluding hydrogens is 302 g/mol. The van der Waals surface area contributed by atoms with Crippen LogP contribution in [0.3, 0.4) is 0 Å². The lowest BCUT2D eigenvalue weighted by Crippen LogP contribution is -2.38. The van der Waals surface area contributed by atoms with Gasteiger partial charge >= 0.3 is 0 Å². The van der Waals surface area contributed by atoms with Crippen LogP contribution in [0.5, 0.6) is 0 Å². The zero-order valence-electron chi connectivity index (χ0n) is 13.3. The summed E-state index contributed by atoms with van der Waals surface area (Å²) in [6.45, 7) is 1.41. The fourth-order valence-electron chi connectivity index (χ4n) is 3.45. The maximum absolute atomic E-state index is 12.5. The molecule has 2 N–H and O–H groups in total. The van der Waals surface area contributed by atoms with Gasteiger partial charge in [-0.25, -0.2) is 0 Å². The predicted molar refractivity (Wildman–Crippen MR) is 93.2 cm³/mol. The van der Waals surface area contributed by atoms with Gasteiger partial charge in [-0.05, 0) is 36.4 Å². The van der Waals surface area contributed by atoms with Gasteiger partial charge < -0.3 is 14.9 Å². The lowest BCUT2D eigenvalue weighted by Gasteiger charge is -2.31. The number of benzene rings is 1. The van der Waals surface area contributed by atoms with Gasteiger partial charge in [-0.2, -0.15) is 0 Å². The van der Waals surface area contributed by atoms with E-state index in [9.17, 15) is 9.59 Å². The third-order valence-electron chi connectivity index (χ3n) is 4.77. The molecule has 1 amide bonds. The van der Waals surface area contributed by atoms with Crippen LogP contribution in [-0.4, -0.2) is 33.9 Å². The summed E-state index contributed by atoms with van der Waals surface area (Å²) in [5.74, 6) is 0.346. The molecule has 0 saturated carbocycles. The Hall–Kier alpha value is -2.82. The van der Waals surface area contributed by atoms with Crippen molar-refractivity contribution in [3.8, 4) is 0 Å². The lowest BCUT2D eigenvalue weighted by molar-refractivity contribution is 0.0706. The summed E-state index contributed by atoms with van der Waals surface area (Å²) in [5.41, 5.74) is 2.53. The minimum Gasteiger partial charge on any atom is -0.358 e. The molecule has 5 nitrogen and oxygen atoms in total. The quantitative estimate of drug-likeness (QED) is 0.762. The number of nitrogens with zero attached hydrogens (tertiary/aromatic N) is 1. The van der Waals surface area contributed by atoms with Crippen LogP contribution in [0.4, 0.5) is 0 Å². The number of likely N-dealkylation sites (tertiary alicyclic amines) is 1. The number of amides is 1. The monoisotopic (exact) mass is 321 g/mol. The van der Waals surface area contributed by atoms with Crippen LogP contribution < -0.4 is 5.56 Å². The number of carbonyl (C=O) groups is 1. The van der Waals surface area contributed by atoms with Crippen molar-refractivity contribution in [3.05, 3.63) is 70.3 Å². The zero-order chi connectivity index (χ0) is 16.5. The summed E-state index contributed by atoms with van der Waals surface area (Å²) in [7, 11) is 0. The summed E-state index contributed by atoms with van der Waals surface area (Å²) in [6, 6.07) is 15.2. The maximum Gasteiger partial charge on any atom is 0.270 e. The molecule has 1 aliphatic heterocycles. The number of hydrogen-bond donors (Lipinski definition) is 2. The van der Waals surface area contributed by atoms with Crippen LogP contribution in [0.1, 0.15) is 34.9 Å². The van der Waals surface area contributed by atoms with Gasteiger partial charge in [-0.3, -0.25) is 9.59 Å². The van der Waals surface area contributed by atoms with Crippen molar-refractivity contribution in [2.75, 3.05) is 13.1 Å². The number of H-pyrrole nitrogens is 2. The second kappa shape index (κ2) is 6.00. The second-order valence-electron chi connectivity index (χ2n) is 6.31. The average molecular weight is 321 g/mol. The molecule has 24 heavy (non-hydrogen) atoms. The van der Waals surface area contributed by atoms with E-state index in [4.69, 9.17) is 0 Å². The van der Waals surface area contributed by atoms with Crippen LogP contribution in [0.2, 0.25) is 0 Å². The van der Waals surface area contributed by atoms with Crippen molar-refractivity contribution in [2.24, 2.45) is 0 Å². The summed E-state index contributed by atoms with van der Waals surface area (Å²) in [6.07, 6.45) is 1.85. The molecule has 0 radical (unpaired) electrons. The van der Waals surface area contributed by atoms with Crippen molar-refractivity contribution in [2.45, 2.75) is 18.8 Å². The minimum atomic E-state index is -0.242. The smallest absolute Gasteiger partial charge is 0.270 e. The molecule has 1 aliphatic rings. The average Bonchev–Trinajstić information content (AvgIpc) is 3.05. The molecule has 3 aromatic rings. The highest BCUT2D eigenvalue weighted by atomic mass is 16.2. The van der Waals surface area contributed by atoms with E-state index in [1.54, 1.807) is 12.1 Å². The molecule has 1 saturated heterocycles. The van der Waals surface area contributed by atoms with E-state index in [0.717, 1.165) is 18.4 Å². The number of fused-ring (bicyclic) bond motifs is 1. The van der Waals surface area contributed by atoms with Gasteiger partial charge in [0.05, 0.1) is 0 Å². The molecule has 4 rings (SSSR count). The van der Waals surface area contributed by atoms with Crippen LogP contribution in [0.15, 0.2) is 53.3 Å². The maximum atomic E-state index is 12.5. The van der Waals surface area contributed by atoms with Gasteiger partial charge in [0.15, 0.2) is 0 Å². The Labute approximate surface area is 139 Å². The largest absolute Gasteiger partial charge is 0.358 e. The number of aromatic amines is 2. The molecule has 0 aliphatic carbocycles. The number of carbonyl (C=O) groups excluding carboxylic acids is 1. The number of piperidine rings is 1. The van der Waals surface area contributed by atoms with Crippen molar-refractivity contribution in [3.63, 3.8) is 0 Å². The fourth-order valence-corrected chi connectivity index (χ4v) is 3.45. The highest BCUT2D eigenvalue weighted by molar-refractivity contribution is 5.92. The van der Waals surface area contributed by atoms with Crippen molar-refractivity contribution in [1.29, 1.82) is 0 Å². The van der Waals surface area contributed by atoms with E-state index < -0.39 is 0 Å². The molecule has 0 spiro atoms. The summed E-state index contributed by atoms with van der Waals surface area (Å²) < 4.78 is 0. The third kappa shape index (κ3) is 2.73. The second-order valence-corrected chi connectivity index (χ2v) is 6.31. The molecule has 2 aromatic heterocycles. The van der Waals surface area contributed by atoms with E-state index in [1.165, 1.54) is 17.1 Å². The molecule has 0 unspecified atom stereocenters. The Morgan fingerprint density at radius 1 is 1.00 bits per heavy atom. The summed E-state index contributed by atoms with van der Waals surface area (Å²) in [5, 5.41) is 1.23. The van der Waals surface area contributed by atoms with Gasteiger partial charge in [0.25, 0.3) is 5.91 Å². The van der Waals surface area contributed by atoms with Crippen molar-refractivity contribution >= 4 is 16.8 Å². The van der Waals surface area contributed by atoms with E-state index in [-0.39, 0.29) is 11.5 Å². The molecule has 3 heterocycles. The standard InChI is InChI=1S/C19H19N3O2/c23-18-7-3-6-16(21-18)19(24)22-10-8-13(9-11-22)17-12-14-4-1-2-5-15(14)20-17/h1-7,12-13,20H,8-11H2,(H,21,23). The van der Waals surface area contributed by atoms with Gasteiger partial charge in [-0.1, -0.05) is 24.3 Å². The van der Waals surface area contributed by atoms with Gasteiger partial charge in [0.1, 0.15) is 5.69 Å². The Morgan fingerprint density at radius 3 is 2.54 bits per heavy atom. The molecule has 0 bridgehead atoms. The third-order valence-corrected chi connectivity index (χ3v) is 4.77. The number of hydrogen-bond acceptors (Lipinski definition) is 2. The zero-order valence-corrected chi connectivity index (χ0v) is 13.3. The van der Waals surface area contributed by atoms with Crippen molar-refractivity contribution in [1.82, 2.24) is 14.9 Å². The van der Waals surface area contributed by atoms with E-state index in [0.29, 0.717) is 24.7 Å². The number of rotatable bonds is 2. The Kier molecular flexibility index (Phi) is 3.69. The van der Waals surface area contributed by atoms with Crippen LogP contribution in [-0.2, 0) is 0 Å². The summed E-state index contributed by atoms with van der Waals surface area (Å²) >= 11 is 0. The van der Waals surface area contributed by atoms with E-state index in [2.05, 4.69) is 28.2 Å². The summed E-state index contributed by atoms with van der Waals surface area (Å²) in [4.78, 5) is 31.8. The van der Waals surface area contributed by atoms with Crippen LogP contribution in [0.25, 0.3) is 10.9 Å². The molecule has 0 atom stereocenters. The first-order chi connectivity index (χ1) is 11.7. The van der Waals surface area contributed by atoms with Gasteiger partial charge in [0.2, 0.25) is 5.56 Å². The molecular formula is C19H19N3O2. The first kappa shape index (κ1) is 14.8. The molecule has 122 valence electrons. The topological polar surface area (TPSA) is 69.0 Å². The van der Waals surface area contributed by atoms with Crippen LogP contribution in [0, 0.1) is 0 Å². The Morgan fingerprint density at radius 2 is 1.79 bits per heavy atom. The molecule has 5 heteroatoms. The lowest BCUT2D eigenvalue weighted by atomic mass is 9.93. The minimum absolute atomic E-state index is 0.0946.